The molecule has 0 aliphatic rings. The van der Waals surface area contributed by atoms with E-state index in [1.165, 1.54) is 4.70 Å². The molecule has 0 N–H and O–H groups in total. The largest absolute Gasteiger partial charge is 0.436 e. The molecule has 0 bridgehead atoms. The van der Waals surface area contributed by atoms with E-state index in [4.69, 9.17) is 24.4 Å². The zero-order chi connectivity index (χ0) is 30.5. The number of benzene rings is 6. The van der Waals surface area contributed by atoms with Gasteiger partial charge in [0.2, 0.25) is 5.89 Å². The Labute approximate surface area is 268 Å². The van der Waals surface area contributed by atoms with E-state index in [2.05, 4.69) is 78.9 Å². The van der Waals surface area contributed by atoms with Gasteiger partial charge in [-0.3, -0.25) is 0 Å². The number of hydrogen-bond acceptors (Lipinski definition) is 6. The summed E-state index contributed by atoms with van der Waals surface area (Å²) in [5.41, 5.74) is 7.30. The predicted molar refractivity (Wildman–Crippen MR) is 187 cm³/mol. The lowest BCUT2D eigenvalue weighted by Crippen LogP contribution is -2.01. The Kier molecular flexibility index (Phi) is 6.25. The minimum atomic E-state index is 0.558. The van der Waals surface area contributed by atoms with Crippen molar-refractivity contribution in [3.05, 3.63) is 146 Å². The normalized spacial score (nSPS) is 11.5. The molecule has 5 nitrogen and oxygen atoms in total. The van der Waals surface area contributed by atoms with Crippen molar-refractivity contribution in [1.29, 1.82) is 0 Å². The molecular formula is C40H24N4OS. The van der Waals surface area contributed by atoms with Gasteiger partial charge in [0.25, 0.3) is 0 Å². The lowest BCUT2D eigenvalue weighted by atomic mass is 10.0. The first-order valence-electron chi connectivity index (χ1n) is 15.1. The molecule has 9 rings (SSSR count). The van der Waals surface area contributed by atoms with Gasteiger partial charge >= 0.3 is 0 Å². The smallest absolute Gasteiger partial charge is 0.227 e. The number of oxazole rings is 1. The van der Waals surface area contributed by atoms with Crippen LogP contribution < -0.4 is 0 Å². The maximum absolute atomic E-state index is 6.43. The van der Waals surface area contributed by atoms with Crippen LogP contribution in [0.2, 0.25) is 0 Å². The highest BCUT2D eigenvalue weighted by molar-refractivity contribution is 7.26. The van der Waals surface area contributed by atoms with E-state index in [9.17, 15) is 0 Å². The number of fused-ring (bicyclic) bond motifs is 4. The number of rotatable bonds is 5. The first kappa shape index (κ1) is 26.4. The van der Waals surface area contributed by atoms with Gasteiger partial charge in [-0.25, -0.2) is 19.9 Å². The standard InChI is InChI=1S/C40H24N4OS/c1-4-12-25(13-5-1)26-20-22-28(23-21-26)38-42-37(27-14-6-2-7-15-27)43-39(44-38)35-34-30-18-10-11-19-32(30)46-33(34)24-31-36(35)41-40(45-31)29-16-8-3-9-17-29/h1-24H. The first-order valence-corrected chi connectivity index (χ1v) is 15.9. The summed E-state index contributed by atoms with van der Waals surface area (Å²) in [6, 6.07) is 49.3. The lowest BCUT2D eigenvalue weighted by Gasteiger charge is -2.10. The highest BCUT2D eigenvalue weighted by Crippen LogP contribution is 2.44. The van der Waals surface area contributed by atoms with Gasteiger partial charge in [0, 0.05) is 42.9 Å². The van der Waals surface area contributed by atoms with Crippen molar-refractivity contribution in [3.63, 3.8) is 0 Å². The Hall–Kier alpha value is -5.98. The monoisotopic (exact) mass is 608 g/mol. The fourth-order valence-electron chi connectivity index (χ4n) is 5.97. The fraction of sp³-hybridized carbons (Fsp3) is 0. The van der Waals surface area contributed by atoms with Crippen molar-refractivity contribution in [2.45, 2.75) is 0 Å². The molecule has 0 spiro atoms. The average molecular weight is 609 g/mol. The molecular weight excluding hydrogens is 585 g/mol. The topological polar surface area (TPSA) is 64.7 Å². The maximum Gasteiger partial charge on any atom is 0.227 e. The Morgan fingerprint density at radius 3 is 1.65 bits per heavy atom. The molecule has 6 aromatic carbocycles. The molecule has 46 heavy (non-hydrogen) atoms. The van der Waals surface area contributed by atoms with Crippen molar-refractivity contribution in [2.75, 3.05) is 0 Å². The Morgan fingerprint density at radius 2 is 0.957 bits per heavy atom. The Bertz CT molecular complexity index is 2510. The molecule has 6 heteroatoms. The van der Waals surface area contributed by atoms with Gasteiger partial charge in [0.05, 0.1) is 5.56 Å². The molecule has 9 aromatic rings. The summed E-state index contributed by atoms with van der Waals surface area (Å²) in [7, 11) is 0. The van der Waals surface area contributed by atoms with E-state index >= 15 is 0 Å². The van der Waals surface area contributed by atoms with Gasteiger partial charge in [-0.1, -0.05) is 121 Å². The van der Waals surface area contributed by atoms with Crippen molar-refractivity contribution < 1.29 is 4.42 Å². The summed E-state index contributed by atoms with van der Waals surface area (Å²) in [6.45, 7) is 0. The minimum absolute atomic E-state index is 0.558. The second kappa shape index (κ2) is 10.9. The van der Waals surface area contributed by atoms with E-state index < -0.39 is 0 Å². The third kappa shape index (κ3) is 4.55. The van der Waals surface area contributed by atoms with Gasteiger partial charge in [-0.15, -0.1) is 11.3 Å². The summed E-state index contributed by atoms with van der Waals surface area (Å²) >= 11 is 1.73. The van der Waals surface area contributed by atoms with Crippen LogP contribution >= 0.6 is 11.3 Å². The van der Waals surface area contributed by atoms with E-state index in [0.29, 0.717) is 28.9 Å². The summed E-state index contributed by atoms with van der Waals surface area (Å²) < 4.78 is 8.71. The highest BCUT2D eigenvalue weighted by atomic mass is 32.1. The zero-order valence-electron chi connectivity index (χ0n) is 24.5. The Morgan fingerprint density at radius 1 is 0.435 bits per heavy atom. The number of nitrogens with zero attached hydrogens (tertiary/aromatic N) is 4. The number of hydrogen-bond donors (Lipinski definition) is 0. The van der Waals surface area contributed by atoms with Gasteiger partial charge < -0.3 is 4.42 Å². The second-order valence-corrected chi connectivity index (χ2v) is 12.2. The molecule has 0 saturated carbocycles. The molecule has 3 heterocycles. The molecule has 0 saturated heterocycles. The van der Waals surface area contributed by atoms with Crippen molar-refractivity contribution in [1.82, 2.24) is 19.9 Å². The van der Waals surface area contributed by atoms with E-state index in [1.54, 1.807) is 11.3 Å². The van der Waals surface area contributed by atoms with Crippen LogP contribution in [0.1, 0.15) is 0 Å². The highest BCUT2D eigenvalue weighted by Gasteiger charge is 2.23. The van der Waals surface area contributed by atoms with Crippen LogP contribution in [-0.2, 0) is 0 Å². The molecule has 0 radical (unpaired) electrons. The zero-order valence-corrected chi connectivity index (χ0v) is 25.3. The summed E-state index contributed by atoms with van der Waals surface area (Å²) in [5, 5.41) is 2.20. The van der Waals surface area contributed by atoms with Crippen LogP contribution in [0.5, 0.6) is 0 Å². The summed E-state index contributed by atoms with van der Waals surface area (Å²) in [5.74, 6) is 2.32. The van der Waals surface area contributed by atoms with Crippen LogP contribution in [0.15, 0.2) is 150 Å². The number of thiophene rings is 1. The molecule has 216 valence electrons. The van der Waals surface area contributed by atoms with E-state index in [0.717, 1.165) is 54.4 Å². The van der Waals surface area contributed by atoms with Crippen molar-refractivity contribution in [3.8, 4) is 56.7 Å². The molecule has 0 aliphatic heterocycles. The average Bonchev–Trinajstić information content (AvgIpc) is 3.73. The van der Waals surface area contributed by atoms with Crippen LogP contribution in [0.3, 0.4) is 0 Å². The van der Waals surface area contributed by atoms with Gasteiger partial charge in [0.1, 0.15) is 5.52 Å². The SMILES string of the molecule is c1ccc(-c2ccc(-c3nc(-c4ccccc4)nc(-c4c5nc(-c6ccccc6)oc5cc5sc6ccccc6c45)n3)cc2)cc1. The van der Waals surface area contributed by atoms with Gasteiger partial charge in [-0.05, 0) is 29.3 Å². The maximum atomic E-state index is 6.43. The van der Waals surface area contributed by atoms with Crippen LogP contribution in [0.4, 0.5) is 0 Å². The summed E-state index contributed by atoms with van der Waals surface area (Å²) in [4.78, 5) is 20.4. The third-order valence-corrected chi connectivity index (χ3v) is 9.30. The molecule has 0 amide bonds. The fourth-order valence-corrected chi connectivity index (χ4v) is 7.11. The first-order chi connectivity index (χ1) is 22.8. The minimum Gasteiger partial charge on any atom is -0.436 e. The molecule has 0 aliphatic carbocycles. The van der Waals surface area contributed by atoms with Crippen LogP contribution in [-0.4, -0.2) is 19.9 Å². The number of aromatic nitrogens is 4. The van der Waals surface area contributed by atoms with Gasteiger partial charge in [0.15, 0.2) is 23.1 Å². The Balaban J connectivity index is 1.32. The van der Waals surface area contributed by atoms with Crippen molar-refractivity contribution >= 4 is 42.6 Å². The molecule has 3 aromatic heterocycles. The van der Waals surface area contributed by atoms with Crippen LogP contribution in [0.25, 0.3) is 88.0 Å². The van der Waals surface area contributed by atoms with E-state index in [1.807, 2.05) is 66.7 Å². The molecule has 0 atom stereocenters. The quantitative estimate of drug-likeness (QED) is 0.194. The lowest BCUT2D eigenvalue weighted by molar-refractivity contribution is 0.620. The summed E-state index contributed by atoms with van der Waals surface area (Å²) in [6.07, 6.45) is 0. The second-order valence-electron chi connectivity index (χ2n) is 11.1. The molecule has 0 unspecified atom stereocenters. The van der Waals surface area contributed by atoms with Crippen LogP contribution in [0, 0.1) is 0 Å². The van der Waals surface area contributed by atoms with Crippen molar-refractivity contribution in [2.24, 2.45) is 0 Å². The predicted octanol–water partition coefficient (Wildman–Crippen LogP) is 10.7. The third-order valence-electron chi connectivity index (χ3n) is 8.19. The molecule has 0 fully saturated rings. The van der Waals surface area contributed by atoms with Gasteiger partial charge in [-0.2, -0.15) is 0 Å². The van der Waals surface area contributed by atoms with E-state index in [-0.39, 0.29) is 0 Å².